The highest BCUT2D eigenvalue weighted by atomic mass is 16.7. The molecule has 0 bridgehead atoms. The van der Waals surface area contributed by atoms with Crippen LogP contribution in [0.1, 0.15) is 70.3 Å². The van der Waals surface area contributed by atoms with Gasteiger partial charge >= 0.3 is 6.09 Å². The van der Waals surface area contributed by atoms with E-state index in [1.54, 1.807) is 24.9 Å². The molecule has 1 amide bonds. The summed E-state index contributed by atoms with van der Waals surface area (Å²) in [4.78, 5) is 23.0. The zero-order valence-electron chi connectivity index (χ0n) is 29.0. The molecule has 2 aliphatic heterocycles. The largest absolute Gasteiger partial charge is 0.492 e. The maximum absolute atomic E-state index is 13.4. The first kappa shape index (κ1) is 36.2. The van der Waals surface area contributed by atoms with E-state index in [0.29, 0.717) is 31.8 Å². The van der Waals surface area contributed by atoms with Crippen LogP contribution < -0.4 is 9.47 Å². The van der Waals surface area contributed by atoms with Gasteiger partial charge in [-0.15, -0.1) is 6.58 Å². The Balaban J connectivity index is 1.70. The number of hydrogen-bond acceptors (Lipinski definition) is 10. The number of ether oxygens (including phenoxy) is 4. The molecule has 6 atom stereocenters. The Morgan fingerprint density at radius 1 is 1.15 bits per heavy atom. The first-order valence-corrected chi connectivity index (χ1v) is 17.9. The van der Waals surface area contributed by atoms with Crippen LogP contribution in [0.2, 0.25) is 0 Å². The predicted octanol–water partition coefficient (Wildman–Crippen LogP) is 5.12. The average molecular weight is 670 g/mol. The zero-order valence-corrected chi connectivity index (χ0v) is 29.0. The number of likely N-dealkylation sites (N-methyl/N-ethyl adjacent to an activating group) is 1. The van der Waals surface area contributed by atoms with Crippen LogP contribution in [-0.2, 0) is 14.3 Å². The number of amides is 1. The number of fused-ring (bicyclic) bond motifs is 2. The molecule has 0 aromatic heterocycles. The Labute approximate surface area is 285 Å². The van der Waals surface area contributed by atoms with Gasteiger partial charge in [0.1, 0.15) is 30.8 Å². The van der Waals surface area contributed by atoms with Crippen molar-refractivity contribution in [2.24, 2.45) is 22.9 Å². The highest BCUT2D eigenvalue weighted by Crippen LogP contribution is 2.61. The summed E-state index contributed by atoms with van der Waals surface area (Å²) in [5, 5.41) is 24.1. The summed E-state index contributed by atoms with van der Waals surface area (Å²) in [5.74, 6) is 0.114. The summed E-state index contributed by atoms with van der Waals surface area (Å²) < 4.78 is 25.7. The van der Waals surface area contributed by atoms with E-state index in [2.05, 4.69) is 28.8 Å². The fraction of sp³-hybridized carbons (Fsp3) is 0.676. The normalized spacial score (nSPS) is 28.1. The first-order valence-electron chi connectivity index (χ1n) is 17.9. The van der Waals surface area contributed by atoms with Crippen LogP contribution in [0.4, 0.5) is 4.79 Å². The molecular formula is C37H55N3O8. The quantitative estimate of drug-likeness (QED) is 0.0895. The lowest BCUT2D eigenvalue weighted by Crippen LogP contribution is -2.69. The topological polar surface area (TPSA) is 122 Å². The molecule has 2 fully saturated rings. The third-order valence-electron chi connectivity index (χ3n) is 10.2. The number of rotatable bonds is 19. The van der Waals surface area contributed by atoms with Crippen LogP contribution in [0, 0.1) is 17.8 Å². The van der Waals surface area contributed by atoms with Gasteiger partial charge in [0.05, 0.1) is 24.8 Å². The highest BCUT2D eigenvalue weighted by molar-refractivity contribution is 6.02. The second-order valence-corrected chi connectivity index (χ2v) is 13.2. The lowest BCUT2D eigenvalue weighted by molar-refractivity contribution is -0.253. The van der Waals surface area contributed by atoms with Gasteiger partial charge in [-0.05, 0) is 75.1 Å². The van der Waals surface area contributed by atoms with Gasteiger partial charge < -0.3 is 38.9 Å². The van der Waals surface area contributed by atoms with Crippen molar-refractivity contribution in [3.05, 3.63) is 48.1 Å². The number of oxime groups is 1. The lowest BCUT2D eigenvalue weighted by atomic mass is 9.55. The summed E-state index contributed by atoms with van der Waals surface area (Å²) in [6, 6.07) is 5.47. The number of hydrogen-bond donors (Lipinski definition) is 2. The van der Waals surface area contributed by atoms with E-state index in [0.717, 1.165) is 74.3 Å². The number of carbonyl (C=O) groups excluding carboxylic acids is 1. The molecule has 6 unspecified atom stereocenters. The molecule has 0 radical (unpaired) electrons. The molecule has 2 N–H and O–H groups in total. The van der Waals surface area contributed by atoms with E-state index in [4.69, 9.17) is 23.8 Å². The third kappa shape index (κ3) is 7.85. The fourth-order valence-electron chi connectivity index (χ4n) is 7.90. The van der Waals surface area contributed by atoms with Gasteiger partial charge in [0.15, 0.2) is 0 Å². The molecule has 1 saturated heterocycles. The molecule has 1 saturated carbocycles. The smallest absolute Gasteiger partial charge is 0.409 e. The summed E-state index contributed by atoms with van der Waals surface area (Å²) in [6.07, 6.45) is 8.87. The molecular weight excluding hydrogens is 614 g/mol. The second-order valence-electron chi connectivity index (χ2n) is 13.2. The lowest BCUT2D eigenvalue weighted by Gasteiger charge is -2.59. The Morgan fingerprint density at radius 3 is 2.60 bits per heavy atom. The van der Waals surface area contributed by atoms with Crippen LogP contribution in [0.25, 0.3) is 0 Å². The number of aliphatic hydroxyl groups excluding tert-OH is 2. The summed E-state index contributed by atoms with van der Waals surface area (Å²) in [6.45, 7) is 12.5. The maximum atomic E-state index is 13.4. The summed E-state index contributed by atoms with van der Waals surface area (Å²) >= 11 is 0. The van der Waals surface area contributed by atoms with Crippen molar-refractivity contribution in [2.75, 3.05) is 66.3 Å². The highest BCUT2D eigenvalue weighted by Gasteiger charge is 2.65. The minimum absolute atomic E-state index is 0.0858. The van der Waals surface area contributed by atoms with Crippen LogP contribution in [0.5, 0.6) is 11.5 Å². The van der Waals surface area contributed by atoms with Crippen molar-refractivity contribution < 1.29 is 38.8 Å². The number of allylic oxidation sites excluding steroid dienone is 1. The number of carbonyl (C=O) groups is 1. The number of unbranched alkanes of at least 4 members (excludes halogenated alkanes) is 2. The van der Waals surface area contributed by atoms with Crippen molar-refractivity contribution in [3.8, 4) is 11.5 Å². The van der Waals surface area contributed by atoms with Crippen molar-refractivity contribution in [1.82, 2.24) is 9.80 Å². The standard InChI is InChI=1S/C37H55N3O8/c1-5-21-46-37-33(39(4)36(43)44-6-2)25-31(38-47-7-3)29-23-26(12-8-10-19-41)28(13-9-11-20-42)34(35(29)37)30-24-27(14-15-32(30)48-37)45-22-18-40-16-17-40/h5,14-15,23-24,26,28,33-35,41-42H,1,6-13,16-22,25H2,2-4H3. The molecule has 4 aliphatic rings. The SMILES string of the molecule is C=CCOC12Oc3ccc(OCCN4CC4)cc3C3C(CCCCO)C(CCCCO)C=C(C(=NOCC)CC1N(C)C(=O)OCC)C32. The average Bonchev–Trinajstić information content (AvgIpc) is 3.92. The zero-order chi connectivity index (χ0) is 34.1. The van der Waals surface area contributed by atoms with Crippen molar-refractivity contribution >= 4 is 11.8 Å². The van der Waals surface area contributed by atoms with Crippen molar-refractivity contribution in [3.63, 3.8) is 0 Å². The van der Waals surface area contributed by atoms with Gasteiger partial charge in [-0.2, -0.15) is 0 Å². The number of aliphatic hydroxyl groups is 2. The van der Waals surface area contributed by atoms with Gasteiger partial charge in [0.2, 0.25) is 5.79 Å². The Hall–Kier alpha value is -3.12. The van der Waals surface area contributed by atoms with E-state index >= 15 is 0 Å². The van der Waals surface area contributed by atoms with Crippen LogP contribution in [-0.4, -0.2) is 110 Å². The fourth-order valence-corrected chi connectivity index (χ4v) is 7.90. The summed E-state index contributed by atoms with van der Waals surface area (Å²) in [5.41, 5.74) is 2.82. The molecule has 5 rings (SSSR count). The summed E-state index contributed by atoms with van der Waals surface area (Å²) in [7, 11) is 1.73. The number of benzene rings is 1. The van der Waals surface area contributed by atoms with E-state index < -0.39 is 17.9 Å². The molecule has 2 heterocycles. The van der Waals surface area contributed by atoms with Gasteiger partial charge in [-0.25, -0.2) is 4.79 Å². The monoisotopic (exact) mass is 669 g/mol. The Kier molecular flexibility index (Phi) is 12.8. The van der Waals surface area contributed by atoms with Gasteiger partial charge in [0, 0.05) is 57.8 Å². The Bertz CT molecular complexity index is 1300. The van der Waals surface area contributed by atoms with Crippen LogP contribution in [0.15, 0.2) is 47.7 Å². The van der Waals surface area contributed by atoms with Gasteiger partial charge in [-0.1, -0.05) is 30.1 Å². The predicted molar refractivity (Wildman–Crippen MR) is 183 cm³/mol. The van der Waals surface area contributed by atoms with Crippen molar-refractivity contribution in [1.29, 1.82) is 0 Å². The molecule has 266 valence electrons. The van der Waals surface area contributed by atoms with E-state index in [9.17, 15) is 15.0 Å². The minimum Gasteiger partial charge on any atom is -0.492 e. The third-order valence-corrected chi connectivity index (χ3v) is 10.2. The molecule has 1 aromatic carbocycles. The molecule has 48 heavy (non-hydrogen) atoms. The van der Waals surface area contributed by atoms with E-state index in [1.807, 2.05) is 19.1 Å². The van der Waals surface area contributed by atoms with Crippen molar-refractivity contribution in [2.45, 2.75) is 76.5 Å². The van der Waals surface area contributed by atoms with E-state index in [1.165, 1.54) is 0 Å². The van der Waals surface area contributed by atoms with E-state index in [-0.39, 0.29) is 50.1 Å². The molecule has 0 spiro atoms. The van der Waals surface area contributed by atoms with Crippen LogP contribution >= 0.6 is 0 Å². The molecule has 11 heteroatoms. The molecule has 1 aromatic rings. The number of nitrogens with zero attached hydrogens (tertiary/aromatic N) is 3. The van der Waals surface area contributed by atoms with Crippen LogP contribution in [0.3, 0.4) is 0 Å². The minimum atomic E-state index is -1.28. The molecule has 11 nitrogen and oxygen atoms in total. The first-order chi connectivity index (χ1) is 23.4. The van der Waals surface area contributed by atoms with Gasteiger partial charge in [-0.3, -0.25) is 4.90 Å². The maximum Gasteiger partial charge on any atom is 0.409 e. The second kappa shape index (κ2) is 17.0. The molecule has 2 aliphatic carbocycles. The van der Waals surface area contributed by atoms with Gasteiger partial charge in [0.25, 0.3) is 0 Å². The Morgan fingerprint density at radius 2 is 1.92 bits per heavy atom.